The van der Waals surface area contributed by atoms with Crippen LogP contribution in [0.25, 0.3) is 0 Å². The quantitative estimate of drug-likeness (QED) is 0.203. The molecular weight excluding hydrogens is 415 g/mol. The van der Waals surface area contributed by atoms with Crippen molar-refractivity contribution in [2.24, 2.45) is 10.9 Å². The van der Waals surface area contributed by atoms with Gasteiger partial charge in [-0.2, -0.15) is 0 Å². The highest BCUT2D eigenvalue weighted by atomic mass is 127. The summed E-state index contributed by atoms with van der Waals surface area (Å²) in [5.41, 5.74) is 0. The molecule has 1 unspecified atom stereocenters. The third kappa shape index (κ3) is 8.89. The summed E-state index contributed by atoms with van der Waals surface area (Å²) in [6, 6.07) is 0. The van der Waals surface area contributed by atoms with E-state index in [9.17, 15) is 4.79 Å². The zero-order valence-electron chi connectivity index (χ0n) is 15.6. The van der Waals surface area contributed by atoms with Crippen LogP contribution in [-0.4, -0.2) is 61.4 Å². The first kappa shape index (κ1) is 23.2. The number of carbonyl (C=O) groups is 1. The van der Waals surface area contributed by atoms with Crippen LogP contribution in [0.4, 0.5) is 0 Å². The highest BCUT2D eigenvalue weighted by molar-refractivity contribution is 14.0. The monoisotopic (exact) mass is 450 g/mol. The molecule has 1 rings (SSSR count). The van der Waals surface area contributed by atoms with Gasteiger partial charge in [0.25, 0.3) is 0 Å². The second-order valence-corrected chi connectivity index (χ2v) is 6.43. The number of guanidine groups is 1. The lowest BCUT2D eigenvalue weighted by molar-refractivity contribution is -0.132. The van der Waals surface area contributed by atoms with Crippen molar-refractivity contribution >= 4 is 35.8 Å². The fourth-order valence-electron chi connectivity index (χ4n) is 2.88. The van der Waals surface area contributed by atoms with E-state index >= 15 is 0 Å². The van der Waals surface area contributed by atoms with Crippen LogP contribution in [0, 0.1) is 5.92 Å². The van der Waals surface area contributed by atoms with Crippen LogP contribution in [0.2, 0.25) is 0 Å². The van der Waals surface area contributed by atoms with Gasteiger partial charge in [-0.3, -0.25) is 9.79 Å². The number of nitrogens with zero attached hydrogens (tertiary/aromatic N) is 3. The molecule has 0 spiro atoms. The molecule has 1 aliphatic rings. The molecule has 0 aromatic heterocycles. The lowest BCUT2D eigenvalue weighted by Gasteiger charge is -2.31. The Labute approximate surface area is 165 Å². The number of likely N-dealkylation sites (tertiary alicyclic amines) is 1. The van der Waals surface area contributed by atoms with E-state index in [2.05, 4.69) is 35.6 Å². The molecule has 0 radical (unpaired) electrons. The lowest BCUT2D eigenvalue weighted by atomic mass is 10.00. The maximum absolute atomic E-state index is 12.3. The van der Waals surface area contributed by atoms with Gasteiger partial charge in [0.15, 0.2) is 5.96 Å². The summed E-state index contributed by atoms with van der Waals surface area (Å²) in [4.78, 5) is 21.0. The number of hydrogen-bond acceptors (Lipinski definition) is 2. The Balaban J connectivity index is 0.00000529. The number of rotatable bonds is 8. The summed E-state index contributed by atoms with van der Waals surface area (Å²) in [6.45, 7) is 12.2. The van der Waals surface area contributed by atoms with E-state index in [0.29, 0.717) is 18.9 Å². The minimum atomic E-state index is 0. The van der Waals surface area contributed by atoms with Crippen LogP contribution in [0.5, 0.6) is 0 Å². The Morgan fingerprint density at radius 1 is 1.50 bits per heavy atom. The Morgan fingerprint density at radius 2 is 2.25 bits per heavy atom. The molecule has 1 aliphatic heterocycles. The molecule has 1 saturated heterocycles. The topological polar surface area (TPSA) is 47.9 Å². The van der Waals surface area contributed by atoms with E-state index in [0.717, 1.165) is 51.4 Å². The largest absolute Gasteiger partial charge is 0.357 e. The first-order chi connectivity index (χ1) is 11.1. The first-order valence-corrected chi connectivity index (χ1v) is 8.96. The first-order valence-electron chi connectivity index (χ1n) is 8.96. The normalized spacial score (nSPS) is 17.9. The van der Waals surface area contributed by atoms with E-state index in [1.165, 1.54) is 6.42 Å². The number of hydrogen-bond donors (Lipinski definition) is 1. The molecule has 0 aromatic carbocycles. The van der Waals surface area contributed by atoms with Gasteiger partial charge in [-0.1, -0.05) is 13.0 Å². The summed E-state index contributed by atoms with van der Waals surface area (Å²) in [7, 11) is 2.04. The fourth-order valence-corrected chi connectivity index (χ4v) is 2.88. The Hall–Kier alpha value is -0.790. The van der Waals surface area contributed by atoms with Gasteiger partial charge in [-0.05, 0) is 38.5 Å². The van der Waals surface area contributed by atoms with Gasteiger partial charge in [0.1, 0.15) is 0 Å². The van der Waals surface area contributed by atoms with Crippen LogP contribution >= 0.6 is 24.0 Å². The van der Waals surface area contributed by atoms with Gasteiger partial charge in [0.2, 0.25) is 5.91 Å². The molecule has 5 nitrogen and oxygen atoms in total. The van der Waals surface area contributed by atoms with E-state index in [1.807, 2.05) is 18.0 Å². The number of halogens is 1. The predicted octanol–water partition coefficient (Wildman–Crippen LogP) is 3.12. The number of aliphatic imine (C=N–C) groups is 1. The van der Waals surface area contributed by atoms with Crippen LogP contribution in [0.3, 0.4) is 0 Å². The van der Waals surface area contributed by atoms with Crippen molar-refractivity contribution in [2.75, 3.05) is 39.8 Å². The van der Waals surface area contributed by atoms with Gasteiger partial charge in [0, 0.05) is 39.6 Å². The highest BCUT2D eigenvalue weighted by Gasteiger charge is 2.20. The number of allylic oxidation sites excluding steroid dienone is 1. The van der Waals surface area contributed by atoms with E-state index in [-0.39, 0.29) is 29.9 Å². The SMILES string of the molecule is C=CCCCN(C)C(=NCCC(=O)N1CCCC(C)C1)NCC.I. The maximum Gasteiger partial charge on any atom is 0.224 e. The zero-order chi connectivity index (χ0) is 17.1. The molecule has 0 bridgehead atoms. The van der Waals surface area contributed by atoms with Gasteiger partial charge in [0.05, 0.1) is 6.54 Å². The minimum Gasteiger partial charge on any atom is -0.357 e. The summed E-state index contributed by atoms with van der Waals surface area (Å²) in [5.74, 6) is 1.76. The number of amides is 1. The predicted molar refractivity (Wildman–Crippen MR) is 113 cm³/mol. The average molecular weight is 450 g/mol. The summed E-state index contributed by atoms with van der Waals surface area (Å²) >= 11 is 0. The molecule has 0 aliphatic carbocycles. The number of nitrogens with one attached hydrogen (secondary N) is 1. The smallest absolute Gasteiger partial charge is 0.224 e. The standard InChI is InChI=1S/C18H34N4O.HI/c1-5-7-8-13-21(4)18(19-6-2)20-12-11-17(23)22-14-9-10-16(3)15-22;/h5,16H,1,6-15H2,2-4H3,(H,19,20);1H. The van der Waals surface area contributed by atoms with Crippen molar-refractivity contribution in [1.82, 2.24) is 15.1 Å². The van der Waals surface area contributed by atoms with Crippen molar-refractivity contribution in [2.45, 2.75) is 46.0 Å². The van der Waals surface area contributed by atoms with E-state index in [4.69, 9.17) is 0 Å². The average Bonchev–Trinajstić information content (AvgIpc) is 2.54. The number of piperidine rings is 1. The second kappa shape index (κ2) is 13.5. The highest BCUT2D eigenvalue weighted by Crippen LogP contribution is 2.16. The summed E-state index contributed by atoms with van der Waals surface area (Å²) in [6.07, 6.45) is 6.88. The molecule has 1 N–H and O–H groups in total. The van der Waals surface area contributed by atoms with Crippen molar-refractivity contribution in [3.63, 3.8) is 0 Å². The van der Waals surface area contributed by atoms with Crippen LogP contribution < -0.4 is 5.32 Å². The number of carbonyl (C=O) groups excluding carboxylic acids is 1. The fraction of sp³-hybridized carbons (Fsp3) is 0.778. The van der Waals surface area contributed by atoms with Gasteiger partial charge in [-0.25, -0.2) is 0 Å². The molecule has 1 fully saturated rings. The molecule has 1 atom stereocenters. The summed E-state index contributed by atoms with van der Waals surface area (Å²) in [5, 5.41) is 3.29. The second-order valence-electron chi connectivity index (χ2n) is 6.43. The van der Waals surface area contributed by atoms with Crippen LogP contribution in [0.15, 0.2) is 17.6 Å². The Bertz CT molecular complexity index is 400. The van der Waals surface area contributed by atoms with E-state index < -0.39 is 0 Å². The third-order valence-corrected chi connectivity index (χ3v) is 4.20. The van der Waals surface area contributed by atoms with Gasteiger partial charge < -0.3 is 15.1 Å². The molecule has 1 amide bonds. The maximum atomic E-state index is 12.3. The zero-order valence-corrected chi connectivity index (χ0v) is 17.9. The summed E-state index contributed by atoms with van der Waals surface area (Å²) < 4.78 is 0. The Kier molecular flexibility index (Phi) is 13.1. The third-order valence-electron chi connectivity index (χ3n) is 4.20. The van der Waals surface area contributed by atoms with Gasteiger partial charge in [-0.15, -0.1) is 30.6 Å². The van der Waals surface area contributed by atoms with Crippen molar-refractivity contribution in [3.8, 4) is 0 Å². The minimum absolute atomic E-state index is 0. The van der Waals surface area contributed by atoms with Crippen molar-refractivity contribution < 1.29 is 4.79 Å². The van der Waals surface area contributed by atoms with Crippen LogP contribution in [-0.2, 0) is 4.79 Å². The molecule has 0 aromatic rings. The van der Waals surface area contributed by atoms with Gasteiger partial charge >= 0.3 is 0 Å². The van der Waals surface area contributed by atoms with Crippen molar-refractivity contribution in [3.05, 3.63) is 12.7 Å². The van der Waals surface area contributed by atoms with Crippen molar-refractivity contribution in [1.29, 1.82) is 0 Å². The molecule has 1 heterocycles. The molecule has 24 heavy (non-hydrogen) atoms. The lowest BCUT2D eigenvalue weighted by Crippen LogP contribution is -2.40. The molecule has 0 saturated carbocycles. The number of unbranched alkanes of at least 4 members (excludes halogenated alkanes) is 1. The molecular formula is C18H35IN4O. The Morgan fingerprint density at radius 3 is 2.88 bits per heavy atom. The molecule has 6 heteroatoms. The van der Waals surface area contributed by atoms with Crippen LogP contribution in [0.1, 0.15) is 46.0 Å². The molecule has 140 valence electrons. The van der Waals surface area contributed by atoms with E-state index in [1.54, 1.807) is 0 Å².